The first-order valence-electron chi connectivity index (χ1n) is 6.95. The van der Waals surface area contributed by atoms with Crippen LogP contribution in [0.2, 0.25) is 0 Å². The summed E-state index contributed by atoms with van der Waals surface area (Å²) in [5.74, 6) is -0.540. The van der Waals surface area contributed by atoms with Crippen molar-refractivity contribution in [2.75, 3.05) is 20.8 Å². The Balaban J connectivity index is 2.18. The topological polar surface area (TPSA) is 108 Å². The monoisotopic (exact) mass is 370 g/mol. The zero-order valence-corrected chi connectivity index (χ0v) is 14.8. The van der Waals surface area contributed by atoms with Gasteiger partial charge in [-0.2, -0.15) is 0 Å². The molecule has 2 rings (SSSR count). The molecular formula is C15H18N2O5S2. The molecule has 1 atom stereocenters. The second-order valence-corrected chi connectivity index (χ2v) is 7.84. The highest BCUT2D eigenvalue weighted by atomic mass is 32.2. The predicted molar refractivity (Wildman–Crippen MR) is 90.8 cm³/mol. The molecule has 0 aliphatic carbocycles. The number of hydrogen-bond donors (Lipinski definition) is 2. The van der Waals surface area contributed by atoms with E-state index in [1.165, 1.54) is 20.3 Å². The number of carbonyl (C=O) groups is 1. The fourth-order valence-electron chi connectivity index (χ4n) is 1.97. The maximum absolute atomic E-state index is 12.5. The van der Waals surface area contributed by atoms with E-state index in [9.17, 15) is 13.2 Å². The number of methoxy groups -OCH3 is 2. The standard InChI is InChI=1S/C15H18N2O5S2/c1-21-12-8-13(14(18)22-2)23-15(12)24(19,20)17-9-11(16)10-6-4-3-5-7-10/h3-8,11,17H,9,16H2,1-2H3. The lowest BCUT2D eigenvalue weighted by Gasteiger charge is -2.13. The Labute approximate surface area is 144 Å². The van der Waals surface area contributed by atoms with E-state index in [2.05, 4.69) is 9.46 Å². The Morgan fingerprint density at radius 3 is 2.54 bits per heavy atom. The molecule has 9 heteroatoms. The van der Waals surface area contributed by atoms with Crippen LogP contribution in [-0.2, 0) is 14.8 Å². The van der Waals surface area contributed by atoms with Gasteiger partial charge in [0, 0.05) is 18.7 Å². The van der Waals surface area contributed by atoms with Crippen molar-refractivity contribution in [2.24, 2.45) is 5.73 Å². The molecule has 1 aromatic carbocycles. The normalized spacial score (nSPS) is 12.6. The van der Waals surface area contributed by atoms with E-state index < -0.39 is 22.0 Å². The van der Waals surface area contributed by atoms with Crippen molar-refractivity contribution < 1.29 is 22.7 Å². The third kappa shape index (κ3) is 4.12. The SMILES string of the molecule is COC(=O)c1cc(OC)c(S(=O)(=O)NCC(N)c2ccccc2)s1. The van der Waals surface area contributed by atoms with Crippen LogP contribution in [0.3, 0.4) is 0 Å². The second-order valence-electron chi connectivity index (χ2n) is 4.83. The quantitative estimate of drug-likeness (QED) is 0.716. The van der Waals surface area contributed by atoms with Gasteiger partial charge in [0.15, 0.2) is 9.96 Å². The van der Waals surface area contributed by atoms with Crippen molar-refractivity contribution >= 4 is 27.3 Å². The Hall–Kier alpha value is -1.94. The van der Waals surface area contributed by atoms with Crippen LogP contribution in [0, 0.1) is 0 Å². The van der Waals surface area contributed by atoms with Crippen LogP contribution in [-0.4, -0.2) is 35.2 Å². The van der Waals surface area contributed by atoms with Crippen molar-refractivity contribution in [1.82, 2.24) is 4.72 Å². The van der Waals surface area contributed by atoms with Gasteiger partial charge in [0.05, 0.1) is 14.2 Å². The molecule has 0 bridgehead atoms. The van der Waals surface area contributed by atoms with E-state index in [0.717, 1.165) is 16.9 Å². The van der Waals surface area contributed by atoms with Gasteiger partial charge in [-0.05, 0) is 5.56 Å². The maximum Gasteiger partial charge on any atom is 0.348 e. The zero-order valence-electron chi connectivity index (χ0n) is 13.2. The predicted octanol–water partition coefficient (Wildman–Crippen LogP) is 1.52. The van der Waals surface area contributed by atoms with Gasteiger partial charge >= 0.3 is 5.97 Å². The van der Waals surface area contributed by atoms with Crippen LogP contribution in [0.15, 0.2) is 40.6 Å². The Morgan fingerprint density at radius 2 is 1.96 bits per heavy atom. The molecule has 2 aromatic rings. The molecule has 1 heterocycles. The number of carbonyl (C=O) groups excluding carboxylic acids is 1. The number of ether oxygens (including phenoxy) is 2. The number of nitrogens with one attached hydrogen (secondary N) is 1. The van der Waals surface area contributed by atoms with E-state index in [-0.39, 0.29) is 21.4 Å². The number of benzene rings is 1. The fourth-order valence-corrected chi connectivity index (χ4v) is 4.57. The molecule has 0 spiro atoms. The van der Waals surface area contributed by atoms with Gasteiger partial charge in [0.25, 0.3) is 10.0 Å². The summed E-state index contributed by atoms with van der Waals surface area (Å²) in [6.45, 7) is 0.0148. The van der Waals surface area contributed by atoms with Gasteiger partial charge in [-0.1, -0.05) is 30.3 Å². The van der Waals surface area contributed by atoms with E-state index in [4.69, 9.17) is 10.5 Å². The zero-order chi connectivity index (χ0) is 17.7. The summed E-state index contributed by atoms with van der Waals surface area (Å²) < 4.78 is 37.0. The molecule has 0 fully saturated rings. The molecule has 0 radical (unpaired) electrons. The highest BCUT2D eigenvalue weighted by Gasteiger charge is 2.26. The maximum atomic E-state index is 12.5. The van der Waals surface area contributed by atoms with Gasteiger partial charge in [-0.25, -0.2) is 17.9 Å². The van der Waals surface area contributed by atoms with Crippen molar-refractivity contribution in [3.05, 3.63) is 46.8 Å². The van der Waals surface area contributed by atoms with Crippen LogP contribution >= 0.6 is 11.3 Å². The highest BCUT2D eigenvalue weighted by Crippen LogP contribution is 2.33. The van der Waals surface area contributed by atoms with E-state index in [0.29, 0.717) is 0 Å². The Bertz CT molecular complexity index is 803. The summed E-state index contributed by atoms with van der Waals surface area (Å²) in [5, 5.41) is 0. The van der Waals surface area contributed by atoms with E-state index in [1.54, 1.807) is 0 Å². The minimum Gasteiger partial charge on any atom is -0.494 e. The molecule has 0 saturated heterocycles. The Morgan fingerprint density at radius 1 is 1.29 bits per heavy atom. The molecule has 0 saturated carbocycles. The van der Waals surface area contributed by atoms with Gasteiger partial charge in [-0.15, -0.1) is 11.3 Å². The lowest BCUT2D eigenvalue weighted by molar-refractivity contribution is 0.0606. The number of nitrogens with two attached hydrogens (primary N) is 1. The van der Waals surface area contributed by atoms with Crippen LogP contribution in [0.5, 0.6) is 5.75 Å². The largest absolute Gasteiger partial charge is 0.494 e. The average Bonchev–Trinajstić information content (AvgIpc) is 3.05. The lowest BCUT2D eigenvalue weighted by atomic mass is 10.1. The number of thiophene rings is 1. The first-order chi connectivity index (χ1) is 11.4. The molecule has 130 valence electrons. The van der Waals surface area contributed by atoms with E-state index >= 15 is 0 Å². The molecule has 1 aromatic heterocycles. The summed E-state index contributed by atoms with van der Waals surface area (Å²) >= 11 is 0.780. The number of hydrogen-bond acceptors (Lipinski definition) is 7. The summed E-state index contributed by atoms with van der Waals surface area (Å²) in [7, 11) is -1.32. The van der Waals surface area contributed by atoms with Crippen LogP contribution < -0.4 is 15.2 Å². The molecule has 0 aliphatic heterocycles. The van der Waals surface area contributed by atoms with E-state index in [1.807, 2.05) is 30.3 Å². The molecule has 0 amide bonds. The first kappa shape index (κ1) is 18.4. The third-order valence-corrected chi connectivity index (χ3v) is 6.27. The summed E-state index contributed by atoms with van der Waals surface area (Å²) in [4.78, 5) is 11.7. The van der Waals surface area contributed by atoms with Crippen molar-refractivity contribution in [1.29, 1.82) is 0 Å². The molecule has 7 nitrogen and oxygen atoms in total. The molecule has 3 N–H and O–H groups in total. The average molecular weight is 370 g/mol. The molecule has 1 unspecified atom stereocenters. The summed E-state index contributed by atoms with van der Waals surface area (Å²) in [5.41, 5.74) is 6.81. The van der Waals surface area contributed by atoms with Gasteiger partial charge < -0.3 is 15.2 Å². The molecular weight excluding hydrogens is 352 g/mol. The highest BCUT2D eigenvalue weighted by molar-refractivity contribution is 7.91. The fraction of sp³-hybridized carbons (Fsp3) is 0.267. The number of esters is 1. The minimum atomic E-state index is -3.87. The van der Waals surface area contributed by atoms with Crippen molar-refractivity contribution in [2.45, 2.75) is 10.3 Å². The Kier molecular flexibility index (Phi) is 5.94. The lowest BCUT2D eigenvalue weighted by Crippen LogP contribution is -2.31. The number of rotatable bonds is 7. The van der Waals surface area contributed by atoms with Crippen molar-refractivity contribution in [3.63, 3.8) is 0 Å². The smallest absolute Gasteiger partial charge is 0.348 e. The van der Waals surface area contributed by atoms with Gasteiger partial charge in [0.1, 0.15) is 4.88 Å². The first-order valence-corrected chi connectivity index (χ1v) is 9.25. The summed E-state index contributed by atoms with van der Waals surface area (Å²) in [6, 6.07) is 9.99. The summed E-state index contributed by atoms with van der Waals surface area (Å²) in [6.07, 6.45) is 0. The van der Waals surface area contributed by atoms with Crippen LogP contribution in [0.25, 0.3) is 0 Å². The molecule has 0 aliphatic rings. The number of sulfonamides is 1. The van der Waals surface area contributed by atoms with Gasteiger partial charge in [0.2, 0.25) is 0 Å². The molecule has 24 heavy (non-hydrogen) atoms. The third-order valence-electron chi connectivity index (χ3n) is 3.24. The van der Waals surface area contributed by atoms with Crippen molar-refractivity contribution in [3.8, 4) is 5.75 Å². The van der Waals surface area contributed by atoms with Crippen LogP contribution in [0.4, 0.5) is 0 Å². The van der Waals surface area contributed by atoms with Gasteiger partial charge in [-0.3, -0.25) is 0 Å². The minimum absolute atomic E-state index is 0.0148. The second kappa shape index (κ2) is 7.75. The van der Waals surface area contributed by atoms with Crippen LogP contribution in [0.1, 0.15) is 21.3 Å².